The number of aromatic nitrogens is 2. The van der Waals surface area contributed by atoms with Gasteiger partial charge in [-0.05, 0) is 37.3 Å². The van der Waals surface area contributed by atoms with Gasteiger partial charge in [-0.25, -0.2) is 0 Å². The van der Waals surface area contributed by atoms with Gasteiger partial charge in [-0.3, -0.25) is 4.68 Å². The van der Waals surface area contributed by atoms with E-state index in [-0.39, 0.29) is 0 Å². The van der Waals surface area contributed by atoms with Gasteiger partial charge in [0.05, 0.1) is 5.69 Å². The van der Waals surface area contributed by atoms with Crippen LogP contribution in [-0.4, -0.2) is 16.3 Å². The maximum atomic E-state index is 8.27. The predicted molar refractivity (Wildman–Crippen MR) is 60.2 cm³/mol. The number of hydrogen-bond acceptors (Lipinski definition) is 2. The molecule has 0 atom stereocenters. The Bertz CT molecular complexity index is 435. The molecule has 0 amide bonds. The van der Waals surface area contributed by atoms with Crippen molar-refractivity contribution >= 4 is 0 Å². The fourth-order valence-electron chi connectivity index (χ4n) is 2.10. The van der Waals surface area contributed by atoms with Crippen LogP contribution in [0.2, 0.25) is 0 Å². The van der Waals surface area contributed by atoms with Crippen LogP contribution >= 0.6 is 0 Å². The fourth-order valence-corrected chi connectivity index (χ4v) is 2.10. The molecule has 0 aliphatic heterocycles. The minimum absolute atomic E-state index is 0.502. The Morgan fingerprint density at radius 1 is 1.38 bits per heavy atom. The second-order valence-electron chi connectivity index (χ2n) is 4.72. The molecule has 16 heavy (non-hydrogen) atoms. The summed E-state index contributed by atoms with van der Waals surface area (Å²) >= 11 is 0. The lowest BCUT2D eigenvalue weighted by Gasteiger charge is -2.03. The van der Waals surface area contributed by atoms with Crippen LogP contribution in [0.4, 0.5) is 0 Å². The van der Waals surface area contributed by atoms with Crippen molar-refractivity contribution in [2.75, 3.05) is 6.54 Å². The van der Waals surface area contributed by atoms with Crippen LogP contribution in [0.5, 0.6) is 0 Å². The maximum absolute atomic E-state index is 8.27. The van der Waals surface area contributed by atoms with E-state index < -0.39 is 0 Å². The quantitative estimate of drug-likeness (QED) is 0.424. The highest BCUT2D eigenvalue weighted by Crippen LogP contribution is 2.44. The number of hydrogen-bond donors (Lipinski definition) is 0. The number of nitrogens with zero attached hydrogens (tertiary/aromatic N) is 5. The zero-order valence-corrected chi connectivity index (χ0v) is 9.21. The third-order valence-electron chi connectivity index (χ3n) is 3.30. The van der Waals surface area contributed by atoms with Crippen LogP contribution < -0.4 is 0 Å². The van der Waals surface area contributed by atoms with Crippen molar-refractivity contribution in [1.29, 1.82) is 0 Å². The molecule has 3 rings (SSSR count). The van der Waals surface area contributed by atoms with E-state index >= 15 is 0 Å². The van der Waals surface area contributed by atoms with Gasteiger partial charge in [0, 0.05) is 35.5 Å². The Morgan fingerprint density at radius 3 is 2.75 bits per heavy atom. The summed E-state index contributed by atoms with van der Waals surface area (Å²) in [6.45, 7) is 1.23. The molecule has 0 aromatic carbocycles. The van der Waals surface area contributed by atoms with Gasteiger partial charge in [0.15, 0.2) is 0 Å². The second-order valence-corrected chi connectivity index (χ2v) is 4.72. The molecule has 2 fully saturated rings. The molecule has 1 heterocycles. The second kappa shape index (κ2) is 3.83. The van der Waals surface area contributed by atoms with Gasteiger partial charge in [-0.2, -0.15) is 5.10 Å². The van der Waals surface area contributed by atoms with Gasteiger partial charge in [-0.1, -0.05) is 5.11 Å². The molecule has 0 spiro atoms. The SMILES string of the molecule is [N-]=[N+]=NCCn1nc(C2CC2)cc1C1CC1. The summed E-state index contributed by atoms with van der Waals surface area (Å²) < 4.78 is 2.06. The van der Waals surface area contributed by atoms with E-state index in [0.717, 1.165) is 6.54 Å². The number of azide groups is 1. The third-order valence-corrected chi connectivity index (χ3v) is 3.30. The molecular weight excluding hydrogens is 202 g/mol. The van der Waals surface area contributed by atoms with Crippen molar-refractivity contribution in [2.45, 2.75) is 44.1 Å². The molecule has 5 nitrogen and oxygen atoms in total. The average Bonchev–Trinajstić information content (AvgIpc) is 3.18. The molecule has 0 unspecified atom stereocenters. The predicted octanol–water partition coefficient (Wildman–Crippen LogP) is 2.95. The van der Waals surface area contributed by atoms with Crippen LogP contribution in [0.25, 0.3) is 10.4 Å². The Hall–Kier alpha value is -1.48. The zero-order valence-electron chi connectivity index (χ0n) is 9.21. The Labute approximate surface area is 94.1 Å². The molecular formula is C11H15N5. The summed E-state index contributed by atoms with van der Waals surface area (Å²) in [5.41, 5.74) is 10.9. The topological polar surface area (TPSA) is 66.6 Å². The highest BCUT2D eigenvalue weighted by Gasteiger charge is 2.32. The lowest BCUT2D eigenvalue weighted by atomic mass is 10.2. The molecule has 5 heteroatoms. The lowest BCUT2D eigenvalue weighted by molar-refractivity contribution is 0.586. The van der Waals surface area contributed by atoms with Crippen molar-refractivity contribution in [2.24, 2.45) is 5.11 Å². The molecule has 0 N–H and O–H groups in total. The van der Waals surface area contributed by atoms with Crippen LogP contribution in [-0.2, 0) is 6.54 Å². The van der Waals surface area contributed by atoms with Gasteiger partial charge in [-0.15, -0.1) is 0 Å². The zero-order chi connectivity index (χ0) is 11.0. The minimum atomic E-state index is 0.502. The summed E-state index contributed by atoms with van der Waals surface area (Å²) in [5, 5.41) is 8.22. The van der Waals surface area contributed by atoms with Crippen molar-refractivity contribution < 1.29 is 0 Å². The maximum Gasteiger partial charge on any atom is 0.0658 e. The van der Waals surface area contributed by atoms with E-state index in [1.54, 1.807) is 0 Å². The van der Waals surface area contributed by atoms with E-state index in [2.05, 4.69) is 25.9 Å². The first-order chi connectivity index (χ1) is 7.88. The largest absolute Gasteiger partial charge is 0.269 e. The van der Waals surface area contributed by atoms with Crippen molar-refractivity contribution in [1.82, 2.24) is 9.78 Å². The first kappa shape index (κ1) is 9.73. The van der Waals surface area contributed by atoms with E-state index in [4.69, 9.17) is 5.53 Å². The van der Waals surface area contributed by atoms with Gasteiger partial charge >= 0.3 is 0 Å². The Morgan fingerprint density at radius 2 is 2.12 bits per heavy atom. The summed E-state index contributed by atoms with van der Waals surface area (Å²) in [6, 6.07) is 2.27. The number of rotatable bonds is 5. The molecule has 84 valence electrons. The molecule has 0 saturated heterocycles. The van der Waals surface area contributed by atoms with E-state index in [1.165, 1.54) is 37.1 Å². The van der Waals surface area contributed by atoms with Crippen LogP contribution in [0.15, 0.2) is 11.2 Å². The highest BCUT2D eigenvalue weighted by atomic mass is 15.3. The first-order valence-electron chi connectivity index (χ1n) is 5.97. The summed E-state index contributed by atoms with van der Waals surface area (Å²) in [7, 11) is 0. The molecule has 0 radical (unpaired) electrons. The van der Waals surface area contributed by atoms with E-state index in [0.29, 0.717) is 18.4 Å². The average molecular weight is 217 g/mol. The standard InChI is InChI=1S/C11H15N5/c12-15-13-5-6-16-11(9-3-4-9)7-10(14-16)8-1-2-8/h7-9H,1-6H2. The fraction of sp³-hybridized carbons (Fsp3) is 0.727. The highest BCUT2D eigenvalue weighted by molar-refractivity contribution is 5.24. The summed E-state index contributed by atoms with van der Waals surface area (Å²) in [4.78, 5) is 2.78. The third kappa shape index (κ3) is 1.91. The molecule has 1 aromatic heterocycles. The van der Waals surface area contributed by atoms with E-state index in [1.807, 2.05) is 0 Å². The summed E-state index contributed by atoms with van der Waals surface area (Å²) in [6.07, 6.45) is 5.16. The van der Waals surface area contributed by atoms with Crippen LogP contribution in [0.1, 0.15) is 48.9 Å². The van der Waals surface area contributed by atoms with Crippen LogP contribution in [0.3, 0.4) is 0 Å². The Balaban J connectivity index is 1.79. The van der Waals surface area contributed by atoms with Gasteiger partial charge in [0.1, 0.15) is 0 Å². The van der Waals surface area contributed by atoms with Gasteiger partial charge in [0.25, 0.3) is 0 Å². The smallest absolute Gasteiger partial charge is 0.0658 e. The summed E-state index contributed by atoms with van der Waals surface area (Å²) in [5.74, 6) is 1.42. The molecule has 2 aliphatic rings. The van der Waals surface area contributed by atoms with Crippen LogP contribution in [0, 0.1) is 0 Å². The van der Waals surface area contributed by atoms with Crippen molar-refractivity contribution in [3.63, 3.8) is 0 Å². The molecule has 2 aliphatic carbocycles. The molecule has 1 aromatic rings. The van der Waals surface area contributed by atoms with Crippen molar-refractivity contribution in [3.8, 4) is 0 Å². The van der Waals surface area contributed by atoms with Gasteiger partial charge in [0.2, 0.25) is 0 Å². The normalized spacial score (nSPS) is 19.5. The Kier molecular flexibility index (Phi) is 2.33. The first-order valence-corrected chi connectivity index (χ1v) is 5.97. The lowest BCUT2D eigenvalue weighted by Crippen LogP contribution is -2.06. The van der Waals surface area contributed by atoms with Gasteiger partial charge < -0.3 is 0 Å². The van der Waals surface area contributed by atoms with E-state index in [9.17, 15) is 0 Å². The monoisotopic (exact) mass is 217 g/mol. The van der Waals surface area contributed by atoms with Crippen molar-refractivity contribution in [3.05, 3.63) is 27.9 Å². The molecule has 0 bridgehead atoms. The molecule has 2 saturated carbocycles. The minimum Gasteiger partial charge on any atom is -0.269 e.